The highest BCUT2D eigenvalue weighted by Crippen LogP contribution is 2.35. The summed E-state index contributed by atoms with van der Waals surface area (Å²) in [5.41, 5.74) is 0.468. The minimum absolute atomic E-state index is 0.186. The molecule has 0 spiro atoms. The highest BCUT2D eigenvalue weighted by atomic mass is 19.4. The second-order valence-corrected chi connectivity index (χ2v) is 3.50. The van der Waals surface area contributed by atoms with Gasteiger partial charge in [0.15, 0.2) is 0 Å². The van der Waals surface area contributed by atoms with Crippen LogP contribution in [0.1, 0.15) is 0 Å². The minimum atomic E-state index is -4.79. The van der Waals surface area contributed by atoms with Crippen LogP contribution in [0.4, 0.5) is 13.2 Å². The summed E-state index contributed by atoms with van der Waals surface area (Å²) in [7, 11) is 1.36. The van der Waals surface area contributed by atoms with E-state index in [2.05, 4.69) is 14.7 Å². The maximum Gasteiger partial charge on any atom is 0.573 e. The van der Waals surface area contributed by atoms with Gasteiger partial charge in [0.1, 0.15) is 11.5 Å². The number of benzene rings is 1. The van der Waals surface area contributed by atoms with Crippen molar-refractivity contribution in [3.8, 4) is 22.8 Å². The molecule has 0 radical (unpaired) electrons. The Labute approximate surface area is 106 Å². The Hall–Kier alpha value is -2.31. The first-order valence-electron chi connectivity index (χ1n) is 5.20. The fraction of sp³-hybridized carbons (Fsp3) is 0.167. The molecule has 0 fully saturated rings. The Morgan fingerprint density at radius 3 is 2.53 bits per heavy atom. The first-order chi connectivity index (χ1) is 8.99. The molecule has 0 saturated carbocycles. The Balaban J connectivity index is 2.48. The number of hydrogen-bond donors (Lipinski definition) is 0. The van der Waals surface area contributed by atoms with Gasteiger partial charge in [0.25, 0.3) is 0 Å². The lowest BCUT2D eigenvalue weighted by Crippen LogP contribution is -2.17. The molecule has 0 atom stereocenters. The van der Waals surface area contributed by atoms with Gasteiger partial charge in [-0.3, -0.25) is 9.97 Å². The summed E-state index contributed by atoms with van der Waals surface area (Å²) in [6, 6.07) is 4.11. The van der Waals surface area contributed by atoms with Gasteiger partial charge in [-0.1, -0.05) is 0 Å². The molecule has 0 amide bonds. The van der Waals surface area contributed by atoms with Crippen molar-refractivity contribution in [3.05, 3.63) is 36.8 Å². The van der Waals surface area contributed by atoms with Crippen LogP contribution in [0.3, 0.4) is 0 Å². The smallest absolute Gasteiger partial charge is 0.497 e. The van der Waals surface area contributed by atoms with Crippen LogP contribution in [0.2, 0.25) is 0 Å². The number of alkyl halides is 3. The fourth-order valence-corrected chi connectivity index (χ4v) is 1.49. The summed E-state index contributed by atoms with van der Waals surface area (Å²) in [5, 5.41) is 0. The zero-order valence-corrected chi connectivity index (χ0v) is 9.81. The van der Waals surface area contributed by atoms with Gasteiger partial charge in [-0.25, -0.2) is 0 Å². The first-order valence-corrected chi connectivity index (χ1v) is 5.20. The second-order valence-electron chi connectivity index (χ2n) is 3.50. The third kappa shape index (κ3) is 3.34. The average molecular weight is 270 g/mol. The van der Waals surface area contributed by atoms with E-state index in [4.69, 9.17) is 4.74 Å². The predicted octanol–water partition coefficient (Wildman–Crippen LogP) is 3.05. The van der Waals surface area contributed by atoms with Crippen molar-refractivity contribution in [2.75, 3.05) is 7.11 Å². The number of nitrogens with zero attached hydrogens (tertiary/aromatic N) is 2. The van der Waals surface area contributed by atoms with E-state index in [1.54, 1.807) is 0 Å². The van der Waals surface area contributed by atoms with Gasteiger partial charge in [-0.05, 0) is 12.1 Å². The van der Waals surface area contributed by atoms with Crippen molar-refractivity contribution in [1.82, 2.24) is 9.97 Å². The van der Waals surface area contributed by atoms with Crippen molar-refractivity contribution < 1.29 is 22.6 Å². The summed E-state index contributed by atoms with van der Waals surface area (Å²) < 4.78 is 46.0. The van der Waals surface area contributed by atoms with Crippen LogP contribution >= 0.6 is 0 Å². The molecule has 1 aromatic heterocycles. The third-order valence-corrected chi connectivity index (χ3v) is 2.25. The molecule has 2 aromatic rings. The molecule has 4 nitrogen and oxygen atoms in total. The van der Waals surface area contributed by atoms with E-state index in [0.29, 0.717) is 0 Å². The second kappa shape index (κ2) is 5.13. The van der Waals surface area contributed by atoms with E-state index in [1.807, 2.05) is 0 Å². The highest BCUT2D eigenvalue weighted by molar-refractivity contribution is 5.67. The zero-order valence-electron chi connectivity index (χ0n) is 9.81. The van der Waals surface area contributed by atoms with Gasteiger partial charge in [0.05, 0.1) is 19.0 Å². The van der Waals surface area contributed by atoms with E-state index >= 15 is 0 Å². The van der Waals surface area contributed by atoms with Crippen LogP contribution in [-0.4, -0.2) is 23.4 Å². The molecule has 19 heavy (non-hydrogen) atoms. The Morgan fingerprint density at radius 2 is 1.95 bits per heavy atom. The fourth-order valence-electron chi connectivity index (χ4n) is 1.49. The van der Waals surface area contributed by atoms with Crippen LogP contribution < -0.4 is 9.47 Å². The molecule has 0 N–H and O–H groups in total. The van der Waals surface area contributed by atoms with Gasteiger partial charge < -0.3 is 9.47 Å². The summed E-state index contributed by atoms with van der Waals surface area (Å²) in [4.78, 5) is 7.76. The predicted molar refractivity (Wildman–Crippen MR) is 60.7 cm³/mol. The average Bonchev–Trinajstić information content (AvgIpc) is 2.38. The van der Waals surface area contributed by atoms with Crippen molar-refractivity contribution in [2.24, 2.45) is 0 Å². The summed E-state index contributed by atoms with van der Waals surface area (Å²) >= 11 is 0. The summed E-state index contributed by atoms with van der Waals surface area (Å²) in [6.45, 7) is 0. The van der Waals surface area contributed by atoms with Crippen LogP contribution in [0.15, 0.2) is 36.8 Å². The SMILES string of the molecule is COc1ccc(-c2cnccn2)c(OC(F)(F)F)c1. The molecule has 1 heterocycles. The van der Waals surface area contributed by atoms with E-state index in [-0.39, 0.29) is 22.8 Å². The van der Waals surface area contributed by atoms with Crippen LogP contribution in [0.25, 0.3) is 11.3 Å². The molecule has 0 bridgehead atoms. The standard InChI is InChI=1S/C12H9F3N2O2/c1-18-8-2-3-9(10-7-16-4-5-17-10)11(6-8)19-12(13,14)15/h2-7H,1H3. The molecule has 0 unspecified atom stereocenters. The maximum atomic E-state index is 12.4. The molecule has 0 aliphatic rings. The van der Waals surface area contributed by atoms with Crippen molar-refractivity contribution in [1.29, 1.82) is 0 Å². The van der Waals surface area contributed by atoms with Crippen LogP contribution in [-0.2, 0) is 0 Å². The molecular weight excluding hydrogens is 261 g/mol. The van der Waals surface area contributed by atoms with E-state index in [1.165, 1.54) is 37.8 Å². The van der Waals surface area contributed by atoms with Crippen molar-refractivity contribution >= 4 is 0 Å². The Kier molecular flexibility index (Phi) is 3.55. The minimum Gasteiger partial charge on any atom is -0.497 e. The third-order valence-electron chi connectivity index (χ3n) is 2.25. The highest BCUT2D eigenvalue weighted by Gasteiger charge is 2.32. The lowest BCUT2D eigenvalue weighted by molar-refractivity contribution is -0.274. The molecular formula is C12H9F3N2O2. The van der Waals surface area contributed by atoms with E-state index < -0.39 is 6.36 Å². The maximum absolute atomic E-state index is 12.4. The van der Waals surface area contributed by atoms with Crippen molar-refractivity contribution in [3.63, 3.8) is 0 Å². The molecule has 0 aliphatic heterocycles. The molecule has 7 heteroatoms. The van der Waals surface area contributed by atoms with Gasteiger partial charge in [0.2, 0.25) is 0 Å². The summed E-state index contributed by atoms with van der Waals surface area (Å²) in [6.07, 6.45) is -0.622. The van der Waals surface area contributed by atoms with Crippen molar-refractivity contribution in [2.45, 2.75) is 6.36 Å². The monoisotopic (exact) mass is 270 g/mol. The Morgan fingerprint density at radius 1 is 1.16 bits per heavy atom. The van der Waals surface area contributed by atoms with E-state index in [0.717, 1.165) is 6.07 Å². The van der Waals surface area contributed by atoms with Crippen LogP contribution in [0, 0.1) is 0 Å². The number of aromatic nitrogens is 2. The molecule has 0 aliphatic carbocycles. The molecule has 100 valence electrons. The van der Waals surface area contributed by atoms with Gasteiger partial charge >= 0.3 is 6.36 Å². The van der Waals surface area contributed by atoms with Gasteiger partial charge in [-0.2, -0.15) is 0 Å². The lowest BCUT2D eigenvalue weighted by atomic mass is 10.1. The molecule has 1 aromatic carbocycles. The number of ether oxygens (including phenoxy) is 2. The molecule has 2 rings (SSSR count). The number of hydrogen-bond acceptors (Lipinski definition) is 4. The number of halogens is 3. The Bertz CT molecular complexity index is 559. The van der Waals surface area contributed by atoms with E-state index in [9.17, 15) is 13.2 Å². The number of rotatable bonds is 3. The summed E-state index contributed by atoms with van der Waals surface area (Å²) in [5.74, 6) is -0.126. The molecule has 0 saturated heterocycles. The topological polar surface area (TPSA) is 44.2 Å². The van der Waals surface area contributed by atoms with Gasteiger partial charge in [0, 0.05) is 24.0 Å². The zero-order chi connectivity index (χ0) is 13.9. The normalized spacial score (nSPS) is 11.2. The first kappa shape index (κ1) is 13.1. The van der Waals surface area contributed by atoms with Crippen LogP contribution in [0.5, 0.6) is 11.5 Å². The lowest BCUT2D eigenvalue weighted by Gasteiger charge is -2.13. The quantitative estimate of drug-likeness (QED) is 0.859. The number of methoxy groups -OCH3 is 1. The largest absolute Gasteiger partial charge is 0.573 e. The van der Waals surface area contributed by atoms with Gasteiger partial charge in [-0.15, -0.1) is 13.2 Å².